The van der Waals surface area contributed by atoms with Gasteiger partial charge in [-0.05, 0) is 42.1 Å². The first kappa shape index (κ1) is 11.5. The number of halogens is 2. The summed E-state index contributed by atoms with van der Waals surface area (Å²) < 4.78 is 0. The number of hydrogen-bond donors (Lipinski definition) is 0. The van der Waals surface area contributed by atoms with E-state index in [4.69, 9.17) is 23.2 Å². The quantitative estimate of drug-likeness (QED) is 0.722. The van der Waals surface area contributed by atoms with Gasteiger partial charge in [0.1, 0.15) is 0 Å². The van der Waals surface area contributed by atoms with Gasteiger partial charge in [-0.2, -0.15) is 0 Å². The molecule has 76 valence electrons. The summed E-state index contributed by atoms with van der Waals surface area (Å²) in [5.41, 5.74) is 1.05. The molecule has 0 aromatic heterocycles. The third-order valence-corrected chi connectivity index (χ3v) is 2.73. The minimum atomic E-state index is -0.271. The summed E-state index contributed by atoms with van der Waals surface area (Å²) in [5, 5.41) is 0.423. The fourth-order valence-corrected chi connectivity index (χ4v) is 1.78. The first-order valence-corrected chi connectivity index (χ1v) is 5.33. The van der Waals surface area contributed by atoms with Crippen molar-refractivity contribution in [1.29, 1.82) is 0 Å². The van der Waals surface area contributed by atoms with Gasteiger partial charge in [-0.3, -0.25) is 4.79 Å². The largest absolute Gasteiger partial charge is 0.281 e. The lowest BCUT2D eigenvalue weighted by molar-refractivity contribution is -0.115. The Hall–Kier alpha value is -0.530. The number of rotatable bonds is 4. The monoisotopic (exact) mass is 230 g/mol. The van der Waals surface area contributed by atoms with Crippen LogP contribution in [-0.4, -0.2) is 5.24 Å². The second kappa shape index (κ2) is 5.38. The van der Waals surface area contributed by atoms with Crippen LogP contribution in [0, 0.1) is 5.92 Å². The highest BCUT2D eigenvalue weighted by atomic mass is 35.5. The highest BCUT2D eigenvalue weighted by molar-refractivity contribution is 6.64. The van der Waals surface area contributed by atoms with E-state index < -0.39 is 0 Å². The molecule has 1 nitrogen and oxygen atoms in total. The number of carbonyl (C=O) groups is 1. The lowest BCUT2D eigenvalue weighted by Gasteiger charge is -2.09. The molecule has 0 heterocycles. The number of benzene rings is 1. The van der Waals surface area contributed by atoms with E-state index in [0.717, 1.165) is 12.0 Å². The molecule has 0 aliphatic rings. The molecule has 1 aromatic rings. The molecule has 1 aromatic carbocycles. The van der Waals surface area contributed by atoms with Gasteiger partial charge in [0.25, 0.3) is 0 Å². The van der Waals surface area contributed by atoms with E-state index in [2.05, 4.69) is 0 Å². The summed E-state index contributed by atoms with van der Waals surface area (Å²) in [7, 11) is 0. The van der Waals surface area contributed by atoms with Crippen LogP contribution in [0.4, 0.5) is 0 Å². The molecule has 0 amide bonds. The molecule has 0 saturated carbocycles. The van der Waals surface area contributed by atoms with Crippen LogP contribution in [0.3, 0.4) is 0 Å². The zero-order valence-electron chi connectivity index (χ0n) is 7.97. The van der Waals surface area contributed by atoms with Crippen LogP contribution in [0.15, 0.2) is 24.3 Å². The van der Waals surface area contributed by atoms with Crippen LogP contribution in [0.1, 0.15) is 18.9 Å². The van der Waals surface area contributed by atoms with Crippen molar-refractivity contribution in [3.63, 3.8) is 0 Å². The summed E-state index contributed by atoms with van der Waals surface area (Å²) in [6, 6.07) is 7.51. The van der Waals surface area contributed by atoms with Gasteiger partial charge in [-0.1, -0.05) is 30.7 Å². The van der Waals surface area contributed by atoms with Crippen molar-refractivity contribution in [1.82, 2.24) is 0 Å². The molecule has 0 spiro atoms. The van der Waals surface area contributed by atoms with Gasteiger partial charge < -0.3 is 0 Å². The third-order valence-electron chi connectivity index (χ3n) is 2.18. The Morgan fingerprint density at radius 2 is 2.21 bits per heavy atom. The predicted molar refractivity (Wildman–Crippen MR) is 59.8 cm³/mol. The van der Waals surface area contributed by atoms with Crippen LogP contribution in [-0.2, 0) is 11.2 Å². The molecular weight excluding hydrogens is 219 g/mol. The van der Waals surface area contributed by atoms with Gasteiger partial charge in [-0.25, -0.2) is 0 Å². The minimum Gasteiger partial charge on any atom is -0.281 e. The molecule has 14 heavy (non-hydrogen) atoms. The number of carbonyl (C=O) groups excluding carboxylic acids is 1. The Morgan fingerprint density at radius 3 is 2.71 bits per heavy atom. The van der Waals surface area contributed by atoms with E-state index in [0.29, 0.717) is 11.4 Å². The molecule has 0 N–H and O–H groups in total. The van der Waals surface area contributed by atoms with Crippen LogP contribution < -0.4 is 0 Å². The van der Waals surface area contributed by atoms with Crippen molar-refractivity contribution in [3.8, 4) is 0 Å². The Kier molecular flexibility index (Phi) is 4.43. The van der Waals surface area contributed by atoms with E-state index in [1.54, 1.807) is 0 Å². The third kappa shape index (κ3) is 3.32. The van der Waals surface area contributed by atoms with Gasteiger partial charge in [0.2, 0.25) is 5.24 Å². The SMILES string of the molecule is CCC(Cc1cccc(Cl)c1)C(=O)Cl. The maximum Gasteiger partial charge on any atom is 0.225 e. The summed E-state index contributed by atoms with van der Waals surface area (Å²) in [6.07, 6.45) is 1.42. The zero-order valence-corrected chi connectivity index (χ0v) is 9.48. The van der Waals surface area contributed by atoms with Gasteiger partial charge in [-0.15, -0.1) is 0 Å². The molecule has 1 rings (SSSR count). The average molecular weight is 231 g/mol. The van der Waals surface area contributed by atoms with Crippen molar-refractivity contribution < 1.29 is 4.79 Å². The van der Waals surface area contributed by atoms with Gasteiger partial charge in [0.05, 0.1) is 0 Å². The summed E-state index contributed by atoms with van der Waals surface area (Å²) >= 11 is 11.3. The minimum absolute atomic E-state index is 0.102. The Balaban J connectivity index is 2.72. The normalized spacial score (nSPS) is 12.5. The van der Waals surface area contributed by atoms with Crippen molar-refractivity contribution in [2.45, 2.75) is 19.8 Å². The maximum atomic E-state index is 11.0. The van der Waals surface area contributed by atoms with E-state index in [1.165, 1.54) is 0 Å². The van der Waals surface area contributed by atoms with Crippen LogP contribution >= 0.6 is 23.2 Å². The highest BCUT2D eigenvalue weighted by Crippen LogP contribution is 2.18. The Morgan fingerprint density at radius 1 is 1.50 bits per heavy atom. The molecule has 1 unspecified atom stereocenters. The van der Waals surface area contributed by atoms with Crippen LogP contribution in [0.2, 0.25) is 5.02 Å². The van der Waals surface area contributed by atoms with Gasteiger partial charge >= 0.3 is 0 Å². The van der Waals surface area contributed by atoms with Gasteiger partial charge in [0, 0.05) is 10.9 Å². The highest BCUT2D eigenvalue weighted by Gasteiger charge is 2.14. The molecule has 0 bridgehead atoms. The predicted octanol–water partition coefficient (Wildman–Crippen LogP) is 3.67. The van der Waals surface area contributed by atoms with E-state index >= 15 is 0 Å². The number of hydrogen-bond acceptors (Lipinski definition) is 1. The molecule has 0 aliphatic carbocycles. The first-order chi connectivity index (χ1) is 6.63. The van der Waals surface area contributed by atoms with Gasteiger partial charge in [0.15, 0.2) is 0 Å². The van der Waals surface area contributed by atoms with Crippen molar-refractivity contribution in [2.75, 3.05) is 0 Å². The van der Waals surface area contributed by atoms with Crippen molar-refractivity contribution in [2.24, 2.45) is 5.92 Å². The first-order valence-electron chi connectivity index (χ1n) is 4.57. The maximum absolute atomic E-state index is 11.0. The molecule has 0 aliphatic heterocycles. The fraction of sp³-hybridized carbons (Fsp3) is 0.364. The van der Waals surface area contributed by atoms with Crippen molar-refractivity contribution in [3.05, 3.63) is 34.9 Å². The molecular formula is C11H12Cl2O. The van der Waals surface area contributed by atoms with Crippen LogP contribution in [0.5, 0.6) is 0 Å². The molecule has 0 fully saturated rings. The topological polar surface area (TPSA) is 17.1 Å². The van der Waals surface area contributed by atoms with Crippen LogP contribution in [0.25, 0.3) is 0 Å². The lowest BCUT2D eigenvalue weighted by Crippen LogP contribution is -2.10. The van der Waals surface area contributed by atoms with E-state index in [1.807, 2.05) is 31.2 Å². The zero-order chi connectivity index (χ0) is 10.6. The van der Waals surface area contributed by atoms with E-state index in [9.17, 15) is 4.79 Å². The molecule has 0 radical (unpaired) electrons. The summed E-state index contributed by atoms with van der Waals surface area (Å²) in [5.74, 6) is -0.102. The standard InChI is InChI=1S/C11H12Cl2O/c1-2-9(11(13)14)6-8-4-3-5-10(12)7-8/h3-5,7,9H,2,6H2,1H3. The average Bonchev–Trinajstić information content (AvgIpc) is 2.14. The fourth-order valence-electron chi connectivity index (χ4n) is 1.33. The van der Waals surface area contributed by atoms with Crippen molar-refractivity contribution >= 4 is 28.4 Å². The molecule has 0 saturated heterocycles. The van der Waals surface area contributed by atoms with E-state index in [-0.39, 0.29) is 11.2 Å². The molecule has 3 heteroatoms. The summed E-state index contributed by atoms with van der Waals surface area (Å²) in [4.78, 5) is 11.0. The second-order valence-electron chi connectivity index (χ2n) is 3.24. The molecule has 1 atom stereocenters. The Labute approximate surface area is 94.0 Å². The summed E-state index contributed by atoms with van der Waals surface area (Å²) in [6.45, 7) is 1.95. The second-order valence-corrected chi connectivity index (χ2v) is 4.05. The lowest BCUT2D eigenvalue weighted by atomic mass is 9.98. The smallest absolute Gasteiger partial charge is 0.225 e. The Bertz CT molecular complexity index is 323.